The number of halogens is 2. The molecule has 0 saturated heterocycles. The van der Waals surface area contributed by atoms with Crippen molar-refractivity contribution in [3.63, 3.8) is 0 Å². The van der Waals surface area contributed by atoms with Crippen molar-refractivity contribution in [3.8, 4) is 5.75 Å². The van der Waals surface area contributed by atoms with Crippen molar-refractivity contribution < 1.29 is 9.53 Å². The Morgan fingerprint density at radius 2 is 1.76 bits per heavy atom. The van der Waals surface area contributed by atoms with E-state index in [1.54, 1.807) is 12.1 Å². The number of imidazole rings is 1. The van der Waals surface area contributed by atoms with Gasteiger partial charge in [-0.1, -0.05) is 59.6 Å². The number of hydrogen-bond acceptors (Lipinski definition) is 3. The quantitative estimate of drug-likeness (QED) is 0.288. The first-order valence-corrected chi connectivity index (χ1v) is 11.6. The predicted octanol–water partition coefficient (Wildman–Crippen LogP) is 6.23. The van der Waals surface area contributed by atoms with Crippen LogP contribution in [-0.4, -0.2) is 22.1 Å². The fraction of sp³-hybridized carbons (Fsp3) is 0.231. The molecule has 1 unspecified atom stereocenters. The number of nitrogens with one attached hydrogen (secondary N) is 1. The van der Waals surface area contributed by atoms with E-state index in [2.05, 4.69) is 9.88 Å². The summed E-state index contributed by atoms with van der Waals surface area (Å²) in [7, 11) is 0. The first-order valence-electron chi connectivity index (χ1n) is 10.9. The van der Waals surface area contributed by atoms with Crippen molar-refractivity contribution in [2.75, 3.05) is 6.61 Å². The Balaban J connectivity index is 1.44. The Morgan fingerprint density at radius 3 is 2.55 bits per heavy atom. The van der Waals surface area contributed by atoms with Gasteiger partial charge in [0.2, 0.25) is 5.91 Å². The molecule has 0 saturated carbocycles. The van der Waals surface area contributed by atoms with Gasteiger partial charge in [0.25, 0.3) is 0 Å². The number of aromatic nitrogens is 2. The average molecular weight is 482 g/mol. The maximum atomic E-state index is 12.6. The van der Waals surface area contributed by atoms with Crippen molar-refractivity contribution in [2.45, 2.75) is 32.4 Å². The zero-order valence-electron chi connectivity index (χ0n) is 18.3. The highest BCUT2D eigenvalue weighted by molar-refractivity contribution is 6.32. The number of carbonyl (C=O) groups is 1. The lowest BCUT2D eigenvalue weighted by molar-refractivity contribution is -0.121. The summed E-state index contributed by atoms with van der Waals surface area (Å²) in [5.41, 5.74) is 2.84. The first-order chi connectivity index (χ1) is 16.0. The van der Waals surface area contributed by atoms with Gasteiger partial charge in [0.1, 0.15) is 11.6 Å². The van der Waals surface area contributed by atoms with Gasteiger partial charge in [0.15, 0.2) is 0 Å². The number of carbonyl (C=O) groups excluding carboxylic acids is 1. The van der Waals surface area contributed by atoms with E-state index < -0.39 is 0 Å². The van der Waals surface area contributed by atoms with Crippen LogP contribution in [0, 0.1) is 0 Å². The molecule has 0 spiro atoms. The summed E-state index contributed by atoms with van der Waals surface area (Å²) in [6.45, 7) is 3.18. The molecule has 33 heavy (non-hydrogen) atoms. The van der Waals surface area contributed by atoms with E-state index in [4.69, 9.17) is 32.9 Å². The Kier molecular flexibility index (Phi) is 7.53. The molecular formula is C26H25Cl2N3O2. The SMILES string of the molecule is CC(NC(=O)Cc1ccc(Cl)cc1)c1nc2ccccc2n1CCCOc1ccccc1Cl. The van der Waals surface area contributed by atoms with Gasteiger partial charge in [-0.15, -0.1) is 0 Å². The normalized spacial score (nSPS) is 12.0. The van der Waals surface area contributed by atoms with Gasteiger partial charge in [-0.05, 0) is 55.3 Å². The van der Waals surface area contributed by atoms with Crippen molar-refractivity contribution in [1.82, 2.24) is 14.9 Å². The van der Waals surface area contributed by atoms with Crippen LogP contribution in [0.3, 0.4) is 0 Å². The summed E-state index contributed by atoms with van der Waals surface area (Å²) in [6.07, 6.45) is 1.05. The Bertz CT molecular complexity index is 1240. The average Bonchev–Trinajstić information content (AvgIpc) is 3.18. The summed E-state index contributed by atoms with van der Waals surface area (Å²) in [4.78, 5) is 17.4. The van der Waals surface area contributed by atoms with Gasteiger partial charge in [0.05, 0.1) is 35.1 Å². The summed E-state index contributed by atoms with van der Waals surface area (Å²) >= 11 is 12.1. The number of nitrogens with zero attached hydrogens (tertiary/aromatic N) is 2. The fourth-order valence-corrected chi connectivity index (χ4v) is 4.09. The molecule has 0 aliphatic rings. The number of fused-ring (bicyclic) bond motifs is 1. The molecule has 0 bridgehead atoms. The van der Waals surface area contributed by atoms with Gasteiger partial charge < -0.3 is 14.6 Å². The molecule has 1 aromatic heterocycles. The number of aryl methyl sites for hydroxylation is 1. The summed E-state index contributed by atoms with van der Waals surface area (Å²) in [5, 5.41) is 4.33. The largest absolute Gasteiger partial charge is 0.492 e. The number of amides is 1. The molecule has 1 heterocycles. The van der Waals surface area contributed by atoms with Crippen molar-refractivity contribution in [1.29, 1.82) is 0 Å². The minimum absolute atomic E-state index is 0.0644. The highest BCUT2D eigenvalue weighted by Gasteiger charge is 2.18. The van der Waals surface area contributed by atoms with Crippen LogP contribution in [0.2, 0.25) is 10.0 Å². The Morgan fingerprint density at radius 1 is 1.03 bits per heavy atom. The van der Waals surface area contributed by atoms with E-state index in [0.29, 0.717) is 28.9 Å². The predicted molar refractivity (Wildman–Crippen MR) is 133 cm³/mol. The maximum Gasteiger partial charge on any atom is 0.224 e. The van der Waals surface area contributed by atoms with Crippen LogP contribution in [0.15, 0.2) is 72.8 Å². The molecule has 7 heteroatoms. The third-order valence-electron chi connectivity index (χ3n) is 5.35. The summed E-state index contributed by atoms with van der Waals surface area (Å²) in [5.74, 6) is 1.43. The number of hydrogen-bond donors (Lipinski definition) is 1. The van der Waals surface area contributed by atoms with E-state index in [0.717, 1.165) is 28.8 Å². The van der Waals surface area contributed by atoms with Gasteiger partial charge in [0, 0.05) is 11.6 Å². The second-order valence-electron chi connectivity index (χ2n) is 7.84. The molecule has 170 valence electrons. The highest BCUT2D eigenvalue weighted by atomic mass is 35.5. The summed E-state index contributed by atoms with van der Waals surface area (Å²) < 4.78 is 7.99. The first kappa shape index (κ1) is 23.1. The van der Waals surface area contributed by atoms with E-state index in [-0.39, 0.29) is 18.4 Å². The zero-order valence-corrected chi connectivity index (χ0v) is 19.8. The van der Waals surface area contributed by atoms with Crippen LogP contribution in [0.5, 0.6) is 5.75 Å². The minimum Gasteiger partial charge on any atom is -0.492 e. The van der Waals surface area contributed by atoms with Crippen LogP contribution in [-0.2, 0) is 17.8 Å². The molecule has 5 nitrogen and oxygen atoms in total. The molecule has 0 fully saturated rings. The van der Waals surface area contributed by atoms with Crippen molar-refractivity contribution in [2.24, 2.45) is 0 Å². The Hall–Kier alpha value is -3.02. The Labute approximate surface area is 203 Å². The minimum atomic E-state index is -0.248. The molecule has 0 radical (unpaired) electrons. The fourth-order valence-electron chi connectivity index (χ4n) is 3.77. The van der Waals surface area contributed by atoms with E-state index in [1.165, 1.54) is 0 Å². The van der Waals surface area contributed by atoms with Gasteiger partial charge in [-0.2, -0.15) is 0 Å². The van der Waals surface area contributed by atoms with E-state index >= 15 is 0 Å². The van der Waals surface area contributed by atoms with Crippen LogP contribution < -0.4 is 10.1 Å². The molecule has 0 aliphatic carbocycles. The molecule has 1 N–H and O–H groups in total. The third-order valence-corrected chi connectivity index (χ3v) is 5.91. The molecule has 0 aliphatic heterocycles. The molecule has 1 atom stereocenters. The number of rotatable bonds is 9. The summed E-state index contributed by atoms with van der Waals surface area (Å²) in [6, 6.07) is 22.5. The van der Waals surface area contributed by atoms with Crippen LogP contribution >= 0.6 is 23.2 Å². The maximum absolute atomic E-state index is 12.6. The highest BCUT2D eigenvalue weighted by Crippen LogP contribution is 2.24. The lowest BCUT2D eigenvalue weighted by Gasteiger charge is -2.17. The third kappa shape index (κ3) is 5.86. The van der Waals surface area contributed by atoms with Crippen molar-refractivity contribution >= 4 is 40.1 Å². The lowest BCUT2D eigenvalue weighted by atomic mass is 10.1. The standard InChI is InChI=1S/C26H25Cl2N3O2/c1-18(29-25(32)17-19-11-13-20(27)14-12-19)26-30-22-8-3-4-9-23(22)31(26)15-6-16-33-24-10-5-2-7-21(24)28/h2-5,7-14,18H,6,15-17H2,1H3,(H,29,32). The van der Waals surface area contributed by atoms with Crippen molar-refractivity contribution in [3.05, 3.63) is 94.2 Å². The molecule has 3 aromatic carbocycles. The number of para-hydroxylation sites is 3. The second-order valence-corrected chi connectivity index (χ2v) is 8.68. The van der Waals surface area contributed by atoms with E-state index in [1.807, 2.05) is 67.6 Å². The number of ether oxygens (including phenoxy) is 1. The molecule has 4 aromatic rings. The number of benzene rings is 3. The molecule has 1 amide bonds. The molecule has 4 rings (SSSR count). The topological polar surface area (TPSA) is 56.2 Å². The van der Waals surface area contributed by atoms with Crippen LogP contribution in [0.25, 0.3) is 11.0 Å². The zero-order chi connectivity index (χ0) is 23.2. The van der Waals surface area contributed by atoms with Gasteiger partial charge in [-0.3, -0.25) is 4.79 Å². The van der Waals surface area contributed by atoms with Gasteiger partial charge >= 0.3 is 0 Å². The lowest BCUT2D eigenvalue weighted by Crippen LogP contribution is -2.30. The molecular weight excluding hydrogens is 457 g/mol. The van der Waals surface area contributed by atoms with Crippen LogP contribution in [0.4, 0.5) is 0 Å². The second kappa shape index (κ2) is 10.7. The monoisotopic (exact) mass is 481 g/mol. The van der Waals surface area contributed by atoms with Gasteiger partial charge in [-0.25, -0.2) is 4.98 Å². The van der Waals surface area contributed by atoms with E-state index in [9.17, 15) is 4.79 Å². The van der Waals surface area contributed by atoms with Crippen LogP contribution in [0.1, 0.15) is 30.8 Å². The smallest absolute Gasteiger partial charge is 0.224 e.